The second-order valence-corrected chi connectivity index (χ2v) is 8.31. The van der Waals surface area contributed by atoms with Crippen LogP contribution in [0.15, 0.2) is 101 Å². The number of fused-ring (bicyclic) bond motifs is 1. The Morgan fingerprint density at radius 3 is 2.51 bits per heavy atom. The number of hydrogen-bond donors (Lipinski definition) is 1. The Hall–Kier alpha value is -5.04. The molecule has 0 aliphatic heterocycles. The zero-order valence-electron chi connectivity index (χ0n) is 20.3. The Morgan fingerprint density at radius 1 is 0.919 bits per heavy atom. The molecule has 0 aliphatic rings. The first-order valence-electron chi connectivity index (χ1n) is 11.6. The number of para-hydroxylation sites is 1. The molecule has 0 aliphatic carbocycles. The summed E-state index contributed by atoms with van der Waals surface area (Å²) in [6.45, 7) is 1.83. The minimum Gasteiger partial charge on any atom is -0.465 e. The van der Waals surface area contributed by atoms with Crippen molar-refractivity contribution in [2.75, 3.05) is 7.11 Å². The zero-order chi connectivity index (χ0) is 25.8. The fourth-order valence-electron chi connectivity index (χ4n) is 4.14. The number of benzene rings is 3. The van der Waals surface area contributed by atoms with Crippen LogP contribution in [0.4, 0.5) is 0 Å². The van der Waals surface area contributed by atoms with Gasteiger partial charge in [0.15, 0.2) is 0 Å². The Morgan fingerprint density at radius 2 is 1.70 bits per heavy atom. The molecule has 0 atom stereocenters. The Kier molecular flexibility index (Phi) is 6.59. The van der Waals surface area contributed by atoms with Crippen molar-refractivity contribution in [2.24, 2.45) is 5.10 Å². The molecule has 5 rings (SSSR count). The Balaban J connectivity index is 1.38. The van der Waals surface area contributed by atoms with Gasteiger partial charge < -0.3 is 9.15 Å². The lowest BCUT2D eigenvalue weighted by atomic mass is 10.0. The molecule has 5 aromatic rings. The number of esters is 1. The average molecular weight is 490 g/mol. The van der Waals surface area contributed by atoms with E-state index >= 15 is 0 Å². The number of carbonyl (C=O) groups is 2. The number of nitrogens with one attached hydrogen (secondary N) is 1. The van der Waals surface area contributed by atoms with Crippen LogP contribution in [-0.2, 0) is 4.74 Å². The van der Waals surface area contributed by atoms with E-state index in [9.17, 15) is 9.59 Å². The SMILES string of the molecule is COC(=O)c1cccc(-c2ccc(/C=N/NC(=O)c3cc(-c4ccccc4)nc4ccccc34)o2)c1C. The maximum Gasteiger partial charge on any atom is 0.338 e. The lowest BCUT2D eigenvalue weighted by Crippen LogP contribution is -2.18. The van der Waals surface area contributed by atoms with Gasteiger partial charge in [-0.1, -0.05) is 60.7 Å². The van der Waals surface area contributed by atoms with Gasteiger partial charge in [-0.15, -0.1) is 0 Å². The van der Waals surface area contributed by atoms with E-state index < -0.39 is 5.97 Å². The minimum absolute atomic E-state index is 0.361. The second-order valence-electron chi connectivity index (χ2n) is 8.31. The predicted octanol–water partition coefficient (Wildman–Crippen LogP) is 6.02. The number of furan rings is 1. The normalized spacial score (nSPS) is 11.1. The molecule has 7 heteroatoms. The van der Waals surface area contributed by atoms with E-state index in [0.717, 1.165) is 27.6 Å². The highest BCUT2D eigenvalue weighted by Crippen LogP contribution is 2.28. The summed E-state index contributed by atoms with van der Waals surface area (Å²) in [6, 6.07) is 27.8. The first kappa shape index (κ1) is 23.7. The first-order chi connectivity index (χ1) is 18.0. The number of hydrogen-bond acceptors (Lipinski definition) is 6. The maximum absolute atomic E-state index is 13.1. The number of ether oxygens (including phenoxy) is 1. The van der Waals surface area contributed by atoms with Gasteiger partial charge in [-0.25, -0.2) is 15.2 Å². The van der Waals surface area contributed by atoms with Crippen molar-refractivity contribution >= 4 is 29.0 Å². The zero-order valence-corrected chi connectivity index (χ0v) is 20.3. The number of pyridine rings is 1. The van der Waals surface area contributed by atoms with E-state index in [4.69, 9.17) is 14.1 Å². The summed E-state index contributed by atoms with van der Waals surface area (Å²) in [5.41, 5.74) is 7.39. The van der Waals surface area contributed by atoms with Crippen molar-refractivity contribution in [1.82, 2.24) is 10.4 Å². The summed E-state index contributed by atoms with van der Waals surface area (Å²) >= 11 is 0. The van der Waals surface area contributed by atoms with Gasteiger partial charge in [-0.2, -0.15) is 5.10 Å². The number of amides is 1. The van der Waals surface area contributed by atoms with Gasteiger partial charge >= 0.3 is 5.97 Å². The number of carbonyl (C=O) groups excluding carboxylic acids is 2. The van der Waals surface area contributed by atoms with Crippen LogP contribution in [0.5, 0.6) is 0 Å². The molecule has 182 valence electrons. The molecule has 3 aromatic carbocycles. The van der Waals surface area contributed by atoms with E-state index in [2.05, 4.69) is 10.5 Å². The highest BCUT2D eigenvalue weighted by Gasteiger charge is 2.16. The van der Waals surface area contributed by atoms with Gasteiger partial charge in [0.05, 0.1) is 35.7 Å². The van der Waals surface area contributed by atoms with Crippen molar-refractivity contribution in [3.05, 3.63) is 113 Å². The minimum atomic E-state index is -0.408. The van der Waals surface area contributed by atoms with Crippen LogP contribution >= 0.6 is 0 Å². The van der Waals surface area contributed by atoms with Gasteiger partial charge in [-0.3, -0.25) is 4.79 Å². The molecule has 0 radical (unpaired) electrons. The van der Waals surface area contributed by atoms with Crippen LogP contribution in [0.25, 0.3) is 33.5 Å². The number of hydrazone groups is 1. The van der Waals surface area contributed by atoms with Crippen LogP contribution in [0.1, 0.15) is 32.0 Å². The van der Waals surface area contributed by atoms with Gasteiger partial charge in [0.2, 0.25) is 0 Å². The second kappa shape index (κ2) is 10.3. The van der Waals surface area contributed by atoms with Crippen molar-refractivity contribution in [3.8, 4) is 22.6 Å². The van der Waals surface area contributed by atoms with Crippen molar-refractivity contribution in [1.29, 1.82) is 0 Å². The molecule has 2 heterocycles. The van der Waals surface area contributed by atoms with Gasteiger partial charge in [0, 0.05) is 16.5 Å². The number of methoxy groups -OCH3 is 1. The lowest BCUT2D eigenvalue weighted by Gasteiger charge is -2.09. The Bertz CT molecular complexity index is 1640. The molecule has 2 aromatic heterocycles. The van der Waals surface area contributed by atoms with Crippen LogP contribution < -0.4 is 5.43 Å². The highest BCUT2D eigenvalue weighted by molar-refractivity contribution is 6.07. The molecule has 37 heavy (non-hydrogen) atoms. The van der Waals surface area contributed by atoms with E-state index in [-0.39, 0.29) is 5.91 Å². The van der Waals surface area contributed by atoms with Crippen LogP contribution in [-0.4, -0.2) is 30.2 Å². The fourth-order valence-corrected chi connectivity index (χ4v) is 4.14. The molecule has 0 saturated carbocycles. The van der Waals surface area contributed by atoms with E-state index in [1.165, 1.54) is 13.3 Å². The number of aromatic nitrogens is 1. The fraction of sp³-hybridized carbons (Fsp3) is 0.0667. The van der Waals surface area contributed by atoms with Gasteiger partial charge in [-0.05, 0) is 42.8 Å². The number of nitrogens with zero attached hydrogens (tertiary/aromatic N) is 2. The number of rotatable bonds is 6. The van der Waals surface area contributed by atoms with Crippen molar-refractivity contribution in [2.45, 2.75) is 6.92 Å². The van der Waals surface area contributed by atoms with Gasteiger partial charge in [0.25, 0.3) is 5.91 Å². The molecule has 0 fully saturated rings. The third-order valence-electron chi connectivity index (χ3n) is 6.02. The smallest absolute Gasteiger partial charge is 0.338 e. The monoisotopic (exact) mass is 489 g/mol. The third kappa shape index (κ3) is 4.88. The molecule has 0 bridgehead atoms. The lowest BCUT2D eigenvalue weighted by molar-refractivity contribution is 0.0599. The largest absolute Gasteiger partial charge is 0.465 e. The van der Waals surface area contributed by atoms with E-state index in [1.807, 2.05) is 67.6 Å². The van der Waals surface area contributed by atoms with E-state index in [1.54, 1.807) is 30.3 Å². The molecule has 1 N–H and O–H groups in total. The van der Waals surface area contributed by atoms with Crippen molar-refractivity contribution < 1.29 is 18.7 Å². The Labute approximate surface area is 213 Å². The summed E-state index contributed by atoms with van der Waals surface area (Å²) in [5, 5.41) is 4.84. The highest BCUT2D eigenvalue weighted by atomic mass is 16.5. The van der Waals surface area contributed by atoms with Crippen LogP contribution in [0, 0.1) is 6.92 Å². The quantitative estimate of drug-likeness (QED) is 0.179. The molecule has 7 nitrogen and oxygen atoms in total. The summed E-state index contributed by atoms with van der Waals surface area (Å²) in [4.78, 5) is 29.8. The molecule has 0 unspecified atom stereocenters. The summed E-state index contributed by atoms with van der Waals surface area (Å²) in [6.07, 6.45) is 1.43. The molecule has 1 amide bonds. The van der Waals surface area contributed by atoms with Crippen LogP contribution in [0.2, 0.25) is 0 Å². The molecule has 0 spiro atoms. The third-order valence-corrected chi connectivity index (χ3v) is 6.02. The predicted molar refractivity (Wildman–Crippen MR) is 142 cm³/mol. The summed E-state index contributed by atoms with van der Waals surface area (Å²) in [5.74, 6) is 0.251. The van der Waals surface area contributed by atoms with Crippen molar-refractivity contribution in [3.63, 3.8) is 0 Å². The van der Waals surface area contributed by atoms with Crippen LogP contribution in [0.3, 0.4) is 0 Å². The summed E-state index contributed by atoms with van der Waals surface area (Å²) in [7, 11) is 1.35. The van der Waals surface area contributed by atoms with Gasteiger partial charge in [0.1, 0.15) is 11.5 Å². The summed E-state index contributed by atoms with van der Waals surface area (Å²) < 4.78 is 10.7. The molecular weight excluding hydrogens is 466 g/mol. The topological polar surface area (TPSA) is 93.8 Å². The molecular formula is C30H23N3O4. The standard InChI is InChI=1S/C30H23N3O4/c1-19-22(12-8-13-23(19)30(35)36-2)28-16-15-21(37-28)18-31-33-29(34)25-17-27(20-9-4-3-5-10-20)32-26-14-7-6-11-24(25)26/h3-18H,1-2H3,(H,33,34)/b31-18+. The molecule has 0 saturated heterocycles. The average Bonchev–Trinajstić information content (AvgIpc) is 3.41. The first-order valence-corrected chi connectivity index (χ1v) is 11.6. The maximum atomic E-state index is 13.1. The van der Waals surface area contributed by atoms with E-state index in [0.29, 0.717) is 28.3 Å².